The number of carboxylic acid groups (broad SMARTS) is 1. The Morgan fingerprint density at radius 3 is 1.67 bits per heavy atom. The SMILES string of the molecule is CCCCCCCCC(=O)O.OCC(O)C(O)C(O)CO. The Balaban J connectivity index is 0. The third-order valence-corrected chi connectivity index (χ3v) is 2.91. The van der Waals surface area contributed by atoms with Gasteiger partial charge in [0.25, 0.3) is 0 Å². The van der Waals surface area contributed by atoms with E-state index in [9.17, 15) is 4.79 Å². The molecule has 0 aliphatic rings. The summed E-state index contributed by atoms with van der Waals surface area (Å²) in [6, 6.07) is 0. The molecule has 0 saturated heterocycles. The zero-order valence-electron chi connectivity index (χ0n) is 12.7. The summed E-state index contributed by atoms with van der Waals surface area (Å²) in [6.07, 6.45) is 2.96. The number of rotatable bonds is 11. The first-order valence-electron chi connectivity index (χ1n) is 7.38. The van der Waals surface area contributed by atoms with Crippen LogP contribution in [0.2, 0.25) is 0 Å². The number of hydrogen-bond donors (Lipinski definition) is 6. The van der Waals surface area contributed by atoms with Gasteiger partial charge in [0.15, 0.2) is 0 Å². The molecule has 0 bridgehead atoms. The normalized spacial score (nSPS) is 14.8. The molecule has 0 saturated carbocycles. The molecule has 0 spiro atoms. The second kappa shape index (κ2) is 15.7. The van der Waals surface area contributed by atoms with Gasteiger partial charge in [0, 0.05) is 6.42 Å². The highest BCUT2D eigenvalue weighted by molar-refractivity contribution is 5.66. The molecule has 2 atom stereocenters. The maximum atomic E-state index is 10.1. The number of hydrogen-bond acceptors (Lipinski definition) is 6. The average Bonchev–Trinajstić information content (AvgIpc) is 2.48. The van der Waals surface area contributed by atoms with Gasteiger partial charge in [0.2, 0.25) is 0 Å². The molecule has 0 heterocycles. The van der Waals surface area contributed by atoms with Crippen molar-refractivity contribution in [2.45, 2.75) is 70.2 Å². The van der Waals surface area contributed by atoms with Gasteiger partial charge in [-0.05, 0) is 6.42 Å². The molecule has 0 radical (unpaired) electrons. The first-order valence-corrected chi connectivity index (χ1v) is 7.38. The van der Waals surface area contributed by atoms with Crippen molar-refractivity contribution in [3.63, 3.8) is 0 Å². The summed E-state index contributed by atoms with van der Waals surface area (Å²) in [5.41, 5.74) is 0. The van der Waals surface area contributed by atoms with Crippen molar-refractivity contribution in [3.05, 3.63) is 0 Å². The quantitative estimate of drug-likeness (QED) is 0.292. The number of aliphatic hydroxyl groups is 5. The molecular formula is C14H30O7. The van der Waals surface area contributed by atoms with E-state index in [1.807, 2.05) is 0 Å². The summed E-state index contributed by atoms with van der Waals surface area (Å²) < 4.78 is 0. The standard InChI is InChI=1S/C9H18O2.C5H12O5/c1-2-3-4-5-6-7-8-9(10)11;6-1-3(8)5(10)4(9)2-7/h2-8H2,1H3,(H,10,11);3-10H,1-2H2. The van der Waals surface area contributed by atoms with Gasteiger partial charge in [-0.2, -0.15) is 0 Å². The molecule has 0 aliphatic carbocycles. The average molecular weight is 310 g/mol. The lowest BCUT2D eigenvalue weighted by atomic mass is 10.1. The first-order chi connectivity index (χ1) is 9.90. The van der Waals surface area contributed by atoms with E-state index in [-0.39, 0.29) is 0 Å². The van der Waals surface area contributed by atoms with Crippen LogP contribution in [-0.2, 0) is 4.79 Å². The van der Waals surface area contributed by atoms with Crippen LogP contribution in [0.25, 0.3) is 0 Å². The van der Waals surface area contributed by atoms with Crippen LogP contribution in [0.3, 0.4) is 0 Å². The largest absolute Gasteiger partial charge is 0.481 e. The van der Waals surface area contributed by atoms with Crippen LogP contribution in [0, 0.1) is 0 Å². The fourth-order valence-electron chi connectivity index (χ4n) is 1.53. The highest BCUT2D eigenvalue weighted by Gasteiger charge is 2.22. The third-order valence-electron chi connectivity index (χ3n) is 2.91. The van der Waals surface area contributed by atoms with Gasteiger partial charge in [0.1, 0.15) is 18.3 Å². The van der Waals surface area contributed by atoms with Crippen molar-refractivity contribution in [2.75, 3.05) is 13.2 Å². The Hall–Kier alpha value is -0.730. The van der Waals surface area contributed by atoms with E-state index >= 15 is 0 Å². The van der Waals surface area contributed by atoms with Crippen molar-refractivity contribution >= 4 is 5.97 Å². The van der Waals surface area contributed by atoms with Crippen LogP contribution >= 0.6 is 0 Å². The van der Waals surface area contributed by atoms with Gasteiger partial charge in [-0.15, -0.1) is 0 Å². The zero-order chi connectivity index (χ0) is 16.7. The highest BCUT2D eigenvalue weighted by Crippen LogP contribution is 2.06. The van der Waals surface area contributed by atoms with Crippen LogP contribution in [-0.4, -0.2) is 68.1 Å². The lowest BCUT2D eigenvalue weighted by molar-refractivity contribution is -0.137. The summed E-state index contributed by atoms with van der Waals surface area (Å²) in [5, 5.41) is 50.9. The molecule has 2 unspecified atom stereocenters. The van der Waals surface area contributed by atoms with Crippen LogP contribution in [0.5, 0.6) is 0 Å². The maximum Gasteiger partial charge on any atom is 0.303 e. The third kappa shape index (κ3) is 15.5. The molecule has 0 fully saturated rings. The lowest BCUT2D eigenvalue weighted by Gasteiger charge is -2.19. The smallest absolute Gasteiger partial charge is 0.303 e. The van der Waals surface area contributed by atoms with Crippen molar-refractivity contribution in [2.24, 2.45) is 0 Å². The second-order valence-corrected chi connectivity index (χ2v) is 4.90. The lowest BCUT2D eigenvalue weighted by Crippen LogP contribution is -2.41. The number of carbonyl (C=O) groups is 1. The zero-order valence-corrected chi connectivity index (χ0v) is 12.7. The summed E-state index contributed by atoms with van der Waals surface area (Å²) in [6.45, 7) is 0.897. The van der Waals surface area contributed by atoms with Crippen LogP contribution in [0.4, 0.5) is 0 Å². The molecule has 0 amide bonds. The molecule has 21 heavy (non-hydrogen) atoms. The monoisotopic (exact) mass is 310 g/mol. The van der Waals surface area contributed by atoms with Crippen LogP contribution in [0.1, 0.15) is 51.9 Å². The van der Waals surface area contributed by atoms with E-state index in [1.54, 1.807) is 0 Å². The fourth-order valence-corrected chi connectivity index (χ4v) is 1.53. The number of unbranched alkanes of at least 4 members (excludes halogenated alkanes) is 5. The minimum atomic E-state index is -1.49. The van der Waals surface area contributed by atoms with E-state index < -0.39 is 37.5 Å². The Kier molecular flexibility index (Phi) is 16.8. The molecule has 0 aliphatic heterocycles. The van der Waals surface area contributed by atoms with Gasteiger partial charge in [-0.25, -0.2) is 0 Å². The minimum Gasteiger partial charge on any atom is -0.481 e. The van der Waals surface area contributed by atoms with Gasteiger partial charge in [-0.3, -0.25) is 4.79 Å². The van der Waals surface area contributed by atoms with E-state index in [4.69, 9.17) is 30.6 Å². The van der Waals surface area contributed by atoms with E-state index in [0.717, 1.165) is 12.8 Å². The summed E-state index contributed by atoms with van der Waals surface area (Å²) in [5.74, 6) is -0.666. The molecule has 7 heteroatoms. The highest BCUT2D eigenvalue weighted by atomic mass is 16.4. The van der Waals surface area contributed by atoms with Gasteiger partial charge in [0.05, 0.1) is 13.2 Å². The van der Waals surface area contributed by atoms with Crippen molar-refractivity contribution in [3.8, 4) is 0 Å². The fraction of sp³-hybridized carbons (Fsp3) is 0.929. The van der Waals surface area contributed by atoms with Crippen molar-refractivity contribution in [1.82, 2.24) is 0 Å². The number of aliphatic carboxylic acids is 1. The van der Waals surface area contributed by atoms with Crippen molar-refractivity contribution in [1.29, 1.82) is 0 Å². The van der Waals surface area contributed by atoms with Crippen LogP contribution < -0.4 is 0 Å². The predicted octanol–water partition coefficient (Wildman–Crippen LogP) is -0.125. The maximum absolute atomic E-state index is 10.1. The molecule has 0 aromatic carbocycles. The molecule has 0 aromatic heterocycles. The Morgan fingerprint density at radius 1 is 0.857 bits per heavy atom. The molecule has 6 N–H and O–H groups in total. The van der Waals surface area contributed by atoms with Gasteiger partial charge in [-0.1, -0.05) is 39.0 Å². The topological polar surface area (TPSA) is 138 Å². The molecular weight excluding hydrogens is 280 g/mol. The van der Waals surface area contributed by atoms with Crippen molar-refractivity contribution < 1.29 is 35.4 Å². The summed E-state index contributed by atoms with van der Waals surface area (Å²) in [7, 11) is 0. The molecule has 128 valence electrons. The van der Waals surface area contributed by atoms with E-state index in [1.165, 1.54) is 25.7 Å². The molecule has 0 rings (SSSR count). The summed E-state index contributed by atoms with van der Waals surface area (Å²) in [4.78, 5) is 10.1. The Bertz CT molecular complexity index is 225. The Labute approximate surface area is 125 Å². The van der Waals surface area contributed by atoms with E-state index in [0.29, 0.717) is 6.42 Å². The Morgan fingerprint density at radius 2 is 1.29 bits per heavy atom. The van der Waals surface area contributed by atoms with Crippen LogP contribution in [0.15, 0.2) is 0 Å². The number of carboxylic acids is 1. The van der Waals surface area contributed by atoms with Gasteiger partial charge < -0.3 is 30.6 Å². The summed E-state index contributed by atoms with van der Waals surface area (Å²) >= 11 is 0. The number of aliphatic hydroxyl groups excluding tert-OH is 5. The molecule has 0 aromatic rings. The molecule has 7 nitrogen and oxygen atoms in total. The first kappa shape index (κ1) is 22.5. The van der Waals surface area contributed by atoms with E-state index in [2.05, 4.69) is 6.92 Å². The minimum absolute atomic E-state index is 0.339. The van der Waals surface area contributed by atoms with Gasteiger partial charge >= 0.3 is 5.97 Å². The predicted molar refractivity (Wildman–Crippen MR) is 77.8 cm³/mol. The second-order valence-electron chi connectivity index (χ2n) is 4.90.